The monoisotopic (exact) mass is 1410 g/mol. The van der Waals surface area contributed by atoms with E-state index in [0.717, 1.165) is 154 Å². The van der Waals surface area contributed by atoms with Crippen molar-refractivity contribution in [2.75, 3.05) is 33.0 Å². The number of hydrogen-bond acceptors (Lipinski definition) is 14. The SMILES string of the molecule is CCCCCCCC/C=C\CCCCCCCC(=O)OC[C@H](COC(C(O)COC[C@@H](COC(=O)CCCCCCC/C=C\CCCCCCCC)OC(=O)CCCCCCC/C=C\CCCCCCCC)P(=O)(O)O)OC(=O)CCCCCCC/C=C\CCCCCCCC.N.N. The van der Waals surface area contributed by atoms with Crippen LogP contribution in [-0.4, -0.2) is 96.0 Å². The fourth-order valence-electron chi connectivity index (χ4n) is 11.6. The van der Waals surface area contributed by atoms with Crippen molar-refractivity contribution in [2.45, 2.75) is 411 Å². The van der Waals surface area contributed by atoms with Crippen molar-refractivity contribution < 1.29 is 67.1 Å². The lowest BCUT2D eigenvalue weighted by Crippen LogP contribution is -2.38. The third-order valence-corrected chi connectivity index (χ3v) is 18.9. The summed E-state index contributed by atoms with van der Waals surface area (Å²) in [4.78, 5) is 73.3. The lowest BCUT2D eigenvalue weighted by atomic mass is 10.1. The lowest BCUT2D eigenvalue weighted by molar-refractivity contribution is -0.166. The van der Waals surface area contributed by atoms with Gasteiger partial charge in [0.1, 0.15) is 19.3 Å². The minimum absolute atomic E-state index is 0. The van der Waals surface area contributed by atoms with Crippen LogP contribution in [-0.2, 0) is 52.2 Å². The Labute approximate surface area is 601 Å². The maximum absolute atomic E-state index is 13.2. The van der Waals surface area contributed by atoms with Gasteiger partial charge in [-0.3, -0.25) is 23.7 Å². The molecule has 16 nitrogen and oxygen atoms in total. The predicted octanol–water partition coefficient (Wildman–Crippen LogP) is 23.3. The van der Waals surface area contributed by atoms with Crippen molar-refractivity contribution in [2.24, 2.45) is 0 Å². The van der Waals surface area contributed by atoms with Crippen molar-refractivity contribution in [3.8, 4) is 0 Å². The van der Waals surface area contributed by atoms with Crippen LogP contribution in [0.15, 0.2) is 48.6 Å². The maximum atomic E-state index is 13.2. The fraction of sp³-hybridized carbons (Fsp3) is 0.852. The van der Waals surface area contributed by atoms with E-state index >= 15 is 0 Å². The molecule has 0 aliphatic rings. The lowest BCUT2D eigenvalue weighted by Gasteiger charge is -2.27. The summed E-state index contributed by atoms with van der Waals surface area (Å²) in [5.74, 6) is -4.07. The molecule has 0 heterocycles. The Hall–Kier alpha value is -3.21. The second-order valence-electron chi connectivity index (χ2n) is 27.3. The van der Waals surface area contributed by atoms with E-state index in [0.29, 0.717) is 25.7 Å². The standard InChI is InChI=1S/C81H149O14P.2H3N/c1-5-9-13-17-21-25-29-33-37-41-45-49-53-57-61-65-77(83)91-70-74(94-79(85)67-63-59-55-51-47-43-39-35-31-27-23-19-15-11-7-3)69-90-73-76(82)81(96(87,88)89)93-72-75(95-80(86)68-64-60-56-52-48-44-40-36-32-28-24-20-16-12-8-4)71-92-78(84)66-62-58-54-50-46-42-38-34-30-26-22-18-14-10-6-2;;/h33-40,74-76,81-82H,5-32,41-73H2,1-4H3,(H2,87,88,89);2*1H3/b37-33-,38-34-,39-35-,40-36-;;/t74-,75+,76?,81?;;/m0../s1. The molecular weight excluding hydrogens is 1260 g/mol. The van der Waals surface area contributed by atoms with E-state index in [1.54, 1.807) is 0 Å². The van der Waals surface area contributed by atoms with Crippen LogP contribution >= 0.6 is 7.60 Å². The van der Waals surface area contributed by atoms with Crippen molar-refractivity contribution in [3.63, 3.8) is 0 Å². The van der Waals surface area contributed by atoms with Gasteiger partial charge in [0.25, 0.3) is 0 Å². The van der Waals surface area contributed by atoms with Crippen molar-refractivity contribution in [1.29, 1.82) is 0 Å². The third-order valence-electron chi connectivity index (χ3n) is 17.7. The third kappa shape index (κ3) is 72.6. The number of esters is 4. The number of unbranched alkanes of at least 4 members (excludes halogenated alkanes) is 44. The summed E-state index contributed by atoms with van der Waals surface area (Å²) in [6, 6.07) is 0. The van der Waals surface area contributed by atoms with Gasteiger partial charge in [0, 0.05) is 25.7 Å². The number of aliphatic hydroxyl groups is 1. The van der Waals surface area contributed by atoms with Crippen LogP contribution in [0, 0.1) is 0 Å². The zero-order valence-electron chi connectivity index (χ0n) is 63.8. The molecule has 0 aromatic heterocycles. The summed E-state index contributed by atoms with van der Waals surface area (Å²) < 4.78 is 47.0. The van der Waals surface area contributed by atoms with Crippen LogP contribution in [0.25, 0.3) is 0 Å². The average Bonchev–Trinajstić information content (AvgIpc) is 0.917. The van der Waals surface area contributed by atoms with E-state index in [1.165, 1.54) is 154 Å². The Morgan fingerprint density at radius 1 is 0.306 bits per heavy atom. The van der Waals surface area contributed by atoms with E-state index in [2.05, 4.69) is 76.3 Å². The molecule has 578 valence electrons. The van der Waals surface area contributed by atoms with Gasteiger partial charge in [-0.1, -0.05) is 282 Å². The topological polar surface area (TPSA) is 271 Å². The first-order valence-corrected chi connectivity index (χ1v) is 41.8. The van der Waals surface area contributed by atoms with E-state index in [-0.39, 0.29) is 51.2 Å². The molecule has 2 unspecified atom stereocenters. The quantitative estimate of drug-likeness (QED) is 0.0124. The Morgan fingerprint density at radius 3 is 0.786 bits per heavy atom. The van der Waals surface area contributed by atoms with Crippen LogP contribution in [0.1, 0.15) is 387 Å². The second-order valence-corrected chi connectivity index (χ2v) is 29.0. The Balaban J connectivity index is -0.0000451. The Kier molecular flexibility index (Phi) is 78.7. The summed E-state index contributed by atoms with van der Waals surface area (Å²) >= 11 is 0. The Morgan fingerprint density at radius 2 is 0.531 bits per heavy atom. The smallest absolute Gasteiger partial charge is 0.356 e. The van der Waals surface area contributed by atoms with Crippen LogP contribution in [0.5, 0.6) is 0 Å². The largest absolute Gasteiger partial charge is 0.462 e. The number of rotatable bonds is 75. The van der Waals surface area contributed by atoms with Gasteiger partial charge in [0.2, 0.25) is 0 Å². The van der Waals surface area contributed by atoms with Gasteiger partial charge in [0.05, 0.1) is 19.8 Å². The molecule has 0 aliphatic carbocycles. The molecular formula is C81H155N2O14P. The highest BCUT2D eigenvalue weighted by molar-refractivity contribution is 7.52. The summed E-state index contributed by atoms with van der Waals surface area (Å²) in [5.41, 5.74) is 0. The molecule has 0 radical (unpaired) electrons. The molecule has 0 aromatic rings. The number of ether oxygens (including phenoxy) is 6. The summed E-state index contributed by atoms with van der Waals surface area (Å²) in [6.07, 6.45) is 73.3. The zero-order valence-corrected chi connectivity index (χ0v) is 64.6. The molecule has 0 aliphatic heterocycles. The minimum Gasteiger partial charge on any atom is -0.462 e. The first kappa shape index (κ1) is 99.0. The molecule has 0 fully saturated rings. The van der Waals surface area contributed by atoms with E-state index < -0.39 is 75.5 Å². The van der Waals surface area contributed by atoms with Gasteiger partial charge < -0.3 is 55.6 Å². The molecule has 0 aromatic carbocycles. The van der Waals surface area contributed by atoms with Crippen LogP contribution < -0.4 is 12.3 Å². The van der Waals surface area contributed by atoms with Gasteiger partial charge in [-0.2, -0.15) is 0 Å². The highest BCUT2D eigenvalue weighted by Crippen LogP contribution is 2.44. The van der Waals surface area contributed by atoms with Crippen LogP contribution in [0.2, 0.25) is 0 Å². The van der Waals surface area contributed by atoms with Crippen LogP contribution in [0.4, 0.5) is 0 Å². The second kappa shape index (κ2) is 77.9. The zero-order chi connectivity index (χ0) is 70.2. The number of carbonyl (C=O) groups excluding carboxylic acids is 4. The first-order chi connectivity index (χ1) is 46.9. The van der Waals surface area contributed by atoms with Gasteiger partial charge in [0.15, 0.2) is 18.1 Å². The molecule has 0 saturated carbocycles. The molecule has 0 amide bonds. The highest BCUT2D eigenvalue weighted by Gasteiger charge is 2.38. The number of hydrogen-bond donors (Lipinski definition) is 5. The van der Waals surface area contributed by atoms with Gasteiger partial charge in [-0.15, -0.1) is 0 Å². The highest BCUT2D eigenvalue weighted by atomic mass is 31.2. The number of carbonyl (C=O) groups is 4. The summed E-state index contributed by atoms with van der Waals surface area (Å²) in [5, 5.41) is 11.3. The van der Waals surface area contributed by atoms with Gasteiger partial charge in [-0.25, -0.2) is 0 Å². The van der Waals surface area contributed by atoms with Gasteiger partial charge >= 0.3 is 31.5 Å². The Bertz CT molecular complexity index is 1910. The molecule has 17 heteroatoms. The molecule has 0 spiro atoms. The summed E-state index contributed by atoms with van der Waals surface area (Å²) in [7, 11) is -5.20. The van der Waals surface area contributed by atoms with Crippen molar-refractivity contribution in [1.82, 2.24) is 12.3 Å². The summed E-state index contributed by atoms with van der Waals surface area (Å²) in [6.45, 7) is 6.69. The minimum atomic E-state index is -5.20. The van der Waals surface area contributed by atoms with E-state index in [9.17, 15) is 38.6 Å². The molecule has 4 atom stereocenters. The van der Waals surface area contributed by atoms with Crippen LogP contribution in [0.3, 0.4) is 0 Å². The first-order valence-electron chi connectivity index (χ1n) is 40.1. The molecule has 9 N–H and O–H groups in total. The van der Waals surface area contributed by atoms with E-state index in [1.807, 2.05) is 0 Å². The molecule has 0 bridgehead atoms. The fourth-order valence-corrected chi connectivity index (χ4v) is 12.5. The molecule has 0 rings (SSSR count). The molecule has 98 heavy (non-hydrogen) atoms. The van der Waals surface area contributed by atoms with Crippen molar-refractivity contribution >= 4 is 31.5 Å². The normalized spacial score (nSPS) is 13.1. The molecule has 0 saturated heterocycles. The number of aliphatic hydroxyl groups excluding tert-OH is 1. The number of allylic oxidation sites excluding steroid dienone is 8. The van der Waals surface area contributed by atoms with E-state index in [4.69, 9.17) is 28.4 Å². The van der Waals surface area contributed by atoms with Crippen molar-refractivity contribution in [3.05, 3.63) is 48.6 Å². The predicted molar refractivity (Wildman–Crippen MR) is 408 cm³/mol. The van der Waals surface area contributed by atoms with Gasteiger partial charge in [-0.05, 0) is 128 Å². The maximum Gasteiger partial charge on any atom is 0.356 e. The average molecular weight is 1410 g/mol.